The van der Waals surface area contributed by atoms with E-state index in [-0.39, 0.29) is 18.5 Å². The lowest BCUT2D eigenvalue weighted by Crippen LogP contribution is -2.45. The second kappa shape index (κ2) is 61.4. The maximum atomic E-state index is 12.5. The highest BCUT2D eigenvalue weighted by atomic mass is 16.5. The second-order valence-corrected chi connectivity index (χ2v) is 21.7. The number of aliphatic hydroxyl groups excluding tert-OH is 2. The quantitative estimate of drug-likeness (QED) is 0.0320. The summed E-state index contributed by atoms with van der Waals surface area (Å²) >= 11 is 0. The van der Waals surface area contributed by atoms with Gasteiger partial charge in [-0.3, -0.25) is 9.59 Å². The van der Waals surface area contributed by atoms with Gasteiger partial charge in [0, 0.05) is 12.8 Å². The summed E-state index contributed by atoms with van der Waals surface area (Å²) in [5.41, 5.74) is 0. The third kappa shape index (κ3) is 57.1. The van der Waals surface area contributed by atoms with Crippen molar-refractivity contribution in [3.05, 3.63) is 48.6 Å². The summed E-state index contributed by atoms with van der Waals surface area (Å²) < 4.78 is 5.46. The fourth-order valence-electron chi connectivity index (χ4n) is 9.66. The molecule has 0 rings (SSSR count). The Morgan fingerprint density at radius 2 is 0.694 bits per heavy atom. The zero-order valence-electron chi connectivity index (χ0n) is 48.2. The van der Waals surface area contributed by atoms with Crippen LogP contribution in [0.15, 0.2) is 48.6 Å². The van der Waals surface area contributed by atoms with Crippen molar-refractivity contribution in [1.82, 2.24) is 5.32 Å². The molecule has 6 nitrogen and oxygen atoms in total. The van der Waals surface area contributed by atoms with Gasteiger partial charge in [-0.25, -0.2) is 0 Å². The number of rotatable bonds is 59. The van der Waals surface area contributed by atoms with Gasteiger partial charge >= 0.3 is 5.97 Å². The molecule has 3 N–H and O–H groups in total. The third-order valence-corrected chi connectivity index (χ3v) is 14.6. The molecule has 422 valence electrons. The van der Waals surface area contributed by atoms with E-state index >= 15 is 0 Å². The maximum Gasteiger partial charge on any atom is 0.305 e. The summed E-state index contributed by atoms with van der Waals surface area (Å²) in [7, 11) is 0. The molecule has 0 aliphatic rings. The highest BCUT2D eigenvalue weighted by Crippen LogP contribution is 2.17. The van der Waals surface area contributed by atoms with E-state index in [9.17, 15) is 19.8 Å². The highest BCUT2D eigenvalue weighted by Gasteiger charge is 2.18. The molecule has 2 unspecified atom stereocenters. The van der Waals surface area contributed by atoms with Crippen LogP contribution in [0.2, 0.25) is 0 Å². The standard InChI is InChI=1S/C66H123NO5/c1-3-5-7-9-11-13-15-17-19-21-22-23-24-27-30-34-38-42-46-50-54-58-64(69)63(62-68)67-65(70)59-55-51-47-43-39-35-31-28-25-29-33-37-41-45-49-53-57-61-72-66(71)60-56-52-48-44-40-36-32-26-20-18-16-14-12-10-8-6-4-2/h18,20,25,29,37,41,54,58,63-64,68-69H,3-17,19,21-24,26-28,30-36,38-40,42-53,55-57,59-62H2,1-2H3,(H,67,70)/b20-18-,29-25-,41-37-,58-54+. The molecule has 72 heavy (non-hydrogen) atoms. The Bertz CT molecular complexity index is 1210. The van der Waals surface area contributed by atoms with Crippen molar-refractivity contribution in [1.29, 1.82) is 0 Å². The number of carbonyl (C=O) groups is 2. The van der Waals surface area contributed by atoms with E-state index in [1.807, 2.05) is 6.08 Å². The Kier molecular flexibility index (Phi) is 59.5. The lowest BCUT2D eigenvalue weighted by atomic mass is 10.0. The van der Waals surface area contributed by atoms with Gasteiger partial charge in [-0.2, -0.15) is 0 Å². The minimum absolute atomic E-state index is 0.0197. The van der Waals surface area contributed by atoms with Crippen LogP contribution in [-0.2, 0) is 14.3 Å². The van der Waals surface area contributed by atoms with Crippen LogP contribution in [0, 0.1) is 0 Å². The first-order valence-corrected chi connectivity index (χ1v) is 31.9. The number of ether oxygens (including phenoxy) is 1. The van der Waals surface area contributed by atoms with Crippen molar-refractivity contribution < 1.29 is 24.5 Å². The smallest absolute Gasteiger partial charge is 0.305 e. The molecule has 2 atom stereocenters. The van der Waals surface area contributed by atoms with Crippen LogP contribution < -0.4 is 5.32 Å². The van der Waals surface area contributed by atoms with Gasteiger partial charge in [0.25, 0.3) is 0 Å². The first kappa shape index (κ1) is 69.8. The van der Waals surface area contributed by atoms with Crippen molar-refractivity contribution in [2.24, 2.45) is 0 Å². The van der Waals surface area contributed by atoms with Gasteiger partial charge in [0.2, 0.25) is 5.91 Å². The minimum atomic E-state index is -0.857. The number of aliphatic hydroxyl groups is 2. The predicted octanol–water partition coefficient (Wildman–Crippen LogP) is 20.1. The second-order valence-electron chi connectivity index (χ2n) is 21.7. The lowest BCUT2D eigenvalue weighted by Gasteiger charge is -2.20. The zero-order chi connectivity index (χ0) is 52.2. The van der Waals surface area contributed by atoms with Gasteiger partial charge in [0.05, 0.1) is 25.4 Å². The summed E-state index contributed by atoms with van der Waals surface area (Å²) in [6.07, 6.45) is 78.6. The van der Waals surface area contributed by atoms with E-state index < -0.39 is 12.1 Å². The molecule has 0 saturated heterocycles. The molecule has 0 heterocycles. The summed E-state index contributed by atoms with van der Waals surface area (Å²) in [6.45, 7) is 4.87. The van der Waals surface area contributed by atoms with Gasteiger partial charge in [-0.05, 0) is 96.3 Å². The average molecular weight is 1010 g/mol. The van der Waals surface area contributed by atoms with E-state index in [1.54, 1.807) is 6.08 Å². The molecule has 0 aromatic heterocycles. The van der Waals surface area contributed by atoms with E-state index in [0.717, 1.165) is 83.5 Å². The molecule has 0 aromatic rings. The highest BCUT2D eigenvalue weighted by molar-refractivity contribution is 5.76. The number of hydrogen-bond acceptors (Lipinski definition) is 5. The minimum Gasteiger partial charge on any atom is -0.466 e. The van der Waals surface area contributed by atoms with Gasteiger partial charge in [-0.1, -0.05) is 274 Å². The largest absolute Gasteiger partial charge is 0.466 e. The monoisotopic (exact) mass is 1010 g/mol. The molecular weight excluding hydrogens is 887 g/mol. The van der Waals surface area contributed by atoms with Crippen LogP contribution in [0.5, 0.6) is 0 Å². The van der Waals surface area contributed by atoms with E-state index in [4.69, 9.17) is 4.74 Å². The maximum absolute atomic E-state index is 12.5. The Labute approximate surface area is 448 Å². The Morgan fingerprint density at radius 1 is 0.389 bits per heavy atom. The zero-order valence-corrected chi connectivity index (χ0v) is 48.2. The predicted molar refractivity (Wildman–Crippen MR) is 315 cm³/mol. The number of amides is 1. The average Bonchev–Trinajstić information content (AvgIpc) is 3.38. The van der Waals surface area contributed by atoms with Crippen molar-refractivity contribution >= 4 is 11.9 Å². The third-order valence-electron chi connectivity index (χ3n) is 14.6. The Hall–Kier alpha value is -2.18. The van der Waals surface area contributed by atoms with Crippen LogP contribution >= 0.6 is 0 Å². The van der Waals surface area contributed by atoms with Crippen LogP contribution in [0.4, 0.5) is 0 Å². The van der Waals surface area contributed by atoms with Gasteiger partial charge in [-0.15, -0.1) is 0 Å². The van der Waals surface area contributed by atoms with Crippen molar-refractivity contribution in [2.75, 3.05) is 13.2 Å². The first-order chi connectivity index (χ1) is 35.5. The van der Waals surface area contributed by atoms with Crippen molar-refractivity contribution in [3.8, 4) is 0 Å². The normalized spacial score (nSPS) is 12.9. The Balaban J connectivity index is 3.52. The molecule has 0 aliphatic heterocycles. The molecule has 6 heteroatoms. The molecule has 0 aliphatic carbocycles. The first-order valence-electron chi connectivity index (χ1n) is 31.9. The van der Waals surface area contributed by atoms with Crippen molar-refractivity contribution in [3.63, 3.8) is 0 Å². The molecule has 0 fully saturated rings. The summed E-state index contributed by atoms with van der Waals surface area (Å²) in [4.78, 5) is 24.6. The van der Waals surface area contributed by atoms with E-state index in [1.165, 1.54) is 225 Å². The topological polar surface area (TPSA) is 95.9 Å². The van der Waals surface area contributed by atoms with Gasteiger partial charge < -0.3 is 20.3 Å². The molecule has 0 radical (unpaired) electrons. The lowest BCUT2D eigenvalue weighted by molar-refractivity contribution is -0.143. The number of nitrogens with one attached hydrogen (secondary N) is 1. The molecule has 0 bridgehead atoms. The molecule has 0 saturated carbocycles. The fourth-order valence-corrected chi connectivity index (χ4v) is 9.66. The Morgan fingerprint density at radius 3 is 1.07 bits per heavy atom. The number of allylic oxidation sites excluding steroid dienone is 7. The number of hydrogen-bond donors (Lipinski definition) is 3. The molecule has 0 spiro atoms. The van der Waals surface area contributed by atoms with Crippen molar-refractivity contribution in [2.45, 2.75) is 347 Å². The van der Waals surface area contributed by atoms with Crippen LogP contribution in [0.1, 0.15) is 335 Å². The summed E-state index contributed by atoms with van der Waals surface area (Å²) in [6, 6.07) is -0.642. The summed E-state index contributed by atoms with van der Waals surface area (Å²) in [5, 5.41) is 23.2. The number of esters is 1. The van der Waals surface area contributed by atoms with Gasteiger partial charge in [0.1, 0.15) is 0 Å². The number of carbonyl (C=O) groups excluding carboxylic acids is 2. The van der Waals surface area contributed by atoms with E-state index in [2.05, 4.69) is 55.6 Å². The SMILES string of the molecule is CCCCCCCC/C=C\CCCCCCCCCC(=O)OCCCCC/C=C\C/C=C\CCCCCCCCCC(=O)NC(CO)C(O)/C=C/CCCCCCCCCCCCCCCCCCCCC. The number of unbranched alkanes of at least 4 members (excludes halogenated alkanes) is 42. The van der Waals surface area contributed by atoms with Crippen LogP contribution in [0.25, 0.3) is 0 Å². The van der Waals surface area contributed by atoms with Gasteiger partial charge in [0.15, 0.2) is 0 Å². The van der Waals surface area contributed by atoms with Crippen LogP contribution in [-0.4, -0.2) is 47.4 Å². The van der Waals surface area contributed by atoms with Crippen LogP contribution in [0.3, 0.4) is 0 Å². The molecule has 1 amide bonds. The fraction of sp³-hybridized carbons (Fsp3) is 0.848. The molecular formula is C66H123NO5. The van der Waals surface area contributed by atoms with E-state index in [0.29, 0.717) is 19.4 Å². The summed E-state index contributed by atoms with van der Waals surface area (Å²) in [5.74, 6) is -0.102. The molecule has 0 aromatic carbocycles.